The van der Waals surface area contributed by atoms with Crippen molar-refractivity contribution in [3.05, 3.63) is 29.8 Å². The van der Waals surface area contributed by atoms with E-state index in [-0.39, 0.29) is 24.0 Å². The third kappa shape index (κ3) is 4.74. The van der Waals surface area contributed by atoms with Crippen LogP contribution < -0.4 is 5.32 Å². The van der Waals surface area contributed by atoms with Crippen LogP contribution >= 0.6 is 0 Å². The minimum absolute atomic E-state index is 0.105. The van der Waals surface area contributed by atoms with Crippen molar-refractivity contribution in [2.75, 3.05) is 38.0 Å². The summed E-state index contributed by atoms with van der Waals surface area (Å²) in [6.45, 7) is 8.17. The maximum Gasteiger partial charge on any atom is 0.238 e. The van der Waals surface area contributed by atoms with E-state index in [2.05, 4.69) is 5.32 Å². The second-order valence-corrected chi connectivity index (χ2v) is 7.00. The molecule has 1 aromatic rings. The van der Waals surface area contributed by atoms with Gasteiger partial charge in [0.25, 0.3) is 0 Å². The third-order valence-electron chi connectivity index (χ3n) is 3.87. The topological polar surface area (TPSA) is 52.7 Å². The summed E-state index contributed by atoms with van der Waals surface area (Å²) < 4.78 is 26.0. The third-order valence-corrected chi connectivity index (χ3v) is 3.87. The van der Waals surface area contributed by atoms with Crippen molar-refractivity contribution < 1.29 is 18.4 Å². The average molecular weight is 339 g/mol. The number of nitrogens with zero attached hydrogens (tertiary/aromatic N) is 2. The monoisotopic (exact) mass is 339 g/mol. The lowest BCUT2D eigenvalue weighted by Gasteiger charge is -2.37. The predicted octanol–water partition coefficient (Wildman–Crippen LogP) is 2.09. The van der Waals surface area contributed by atoms with E-state index in [0.29, 0.717) is 26.2 Å². The molecule has 2 rings (SSSR count). The Bertz CT molecular complexity index is 621. The van der Waals surface area contributed by atoms with Gasteiger partial charge in [0.15, 0.2) is 11.6 Å². The van der Waals surface area contributed by atoms with E-state index in [1.807, 2.05) is 30.6 Å². The van der Waals surface area contributed by atoms with Crippen LogP contribution in [-0.2, 0) is 9.59 Å². The number of anilines is 1. The first-order valence-corrected chi connectivity index (χ1v) is 7.93. The summed E-state index contributed by atoms with van der Waals surface area (Å²) in [7, 11) is 0. The van der Waals surface area contributed by atoms with Crippen LogP contribution in [0.15, 0.2) is 18.2 Å². The summed E-state index contributed by atoms with van der Waals surface area (Å²) in [5.41, 5.74) is -0.188. The van der Waals surface area contributed by atoms with Gasteiger partial charge in [-0.1, -0.05) is 20.8 Å². The maximum absolute atomic E-state index is 13.1. The van der Waals surface area contributed by atoms with Crippen LogP contribution in [0.1, 0.15) is 20.8 Å². The fourth-order valence-electron chi connectivity index (χ4n) is 2.56. The highest BCUT2D eigenvalue weighted by Gasteiger charge is 2.30. The lowest BCUT2D eigenvalue weighted by Crippen LogP contribution is -2.52. The molecule has 0 unspecified atom stereocenters. The van der Waals surface area contributed by atoms with Gasteiger partial charge >= 0.3 is 0 Å². The van der Waals surface area contributed by atoms with Crippen LogP contribution in [0.3, 0.4) is 0 Å². The molecular formula is C17H23F2N3O2. The molecule has 0 aromatic heterocycles. The summed E-state index contributed by atoms with van der Waals surface area (Å²) in [6, 6.07) is 3.24. The molecule has 0 atom stereocenters. The van der Waals surface area contributed by atoms with Gasteiger partial charge in [-0.3, -0.25) is 14.5 Å². The number of hydrogen-bond donors (Lipinski definition) is 1. The van der Waals surface area contributed by atoms with E-state index in [1.165, 1.54) is 6.07 Å². The van der Waals surface area contributed by atoms with E-state index in [4.69, 9.17) is 0 Å². The van der Waals surface area contributed by atoms with Crippen LogP contribution in [0.2, 0.25) is 0 Å². The van der Waals surface area contributed by atoms with Gasteiger partial charge in [0.2, 0.25) is 11.8 Å². The van der Waals surface area contributed by atoms with Gasteiger partial charge in [-0.15, -0.1) is 0 Å². The number of carbonyl (C=O) groups is 2. The van der Waals surface area contributed by atoms with Crippen molar-refractivity contribution in [1.29, 1.82) is 0 Å². The zero-order valence-electron chi connectivity index (χ0n) is 14.2. The Kier molecular flexibility index (Phi) is 5.54. The molecule has 0 radical (unpaired) electrons. The molecule has 0 bridgehead atoms. The molecule has 132 valence electrons. The first kappa shape index (κ1) is 18.3. The smallest absolute Gasteiger partial charge is 0.238 e. The molecule has 1 N–H and O–H groups in total. The van der Waals surface area contributed by atoms with Crippen molar-refractivity contribution in [3.63, 3.8) is 0 Å². The number of hydrogen-bond acceptors (Lipinski definition) is 3. The Labute approximate surface area is 140 Å². The van der Waals surface area contributed by atoms with E-state index in [0.717, 1.165) is 12.1 Å². The highest BCUT2D eigenvalue weighted by atomic mass is 19.2. The van der Waals surface area contributed by atoms with Crippen LogP contribution in [0.4, 0.5) is 14.5 Å². The van der Waals surface area contributed by atoms with Gasteiger partial charge in [0.1, 0.15) is 0 Å². The van der Waals surface area contributed by atoms with Gasteiger partial charge in [-0.25, -0.2) is 8.78 Å². The van der Waals surface area contributed by atoms with Crippen molar-refractivity contribution in [2.45, 2.75) is 20.8 Å². The fraction of sp³-hybridized carbons (Fsp3) is 0.529. The van der Waals surface area contributed by atoms with Gasteiger partial charge in [0.05, 0.1) is 6.54 Å². The molecule has 0 aliphatic carbocycles. The number of halogens is 2. The molecule has 2 amide bonds. The van der Waals surface area contributed by atoms with Crippen LogP contribution in [0.25, 0.3) is 0 Å². The molecule has 1 heterocycles. The summed E-state index contributed by atoms with van der Waals surface area (Å²) >= 11 is 0. The summed E-state index contributed by atoms with van der Waals surface area (Å²) in [6.07, 6.45) is 0. The van der Waals surface area contributed by atoms with Gasteiger partial charge < -0.3 is 10.2 Å². The van der Waals surface area contributed by atoms with Crippen molar-refractivity contribution in [1.82, 2.24) is 9.80 Å². The number of benzene rings is 1. The molecular weight excluding hydrogens is 316 g/mol. The molecule has 0 spiro atoms. The highest BCUT2D eigenvalue weighted by Crippen LogP contribution is 2.18. The van der Waals surface area contributed by atoms with Crippen molar-refractivity contribution in [2.24, 2.45) is 5.41 Å². The van der Waals surface area contributed by atoms with Gasteiger partial charge in [0, 0.05) is 43.3 Å². The van der Waals surface area contributed by atoms with Crippen molar-refractivity contribution in [3.8, 4) is 0 Å². The molecule has 1 saturated heterocycles. The highest BCUT2D eigenvalue weighted by molar-refractivity contribution is 5.92. The Hall–Kier alpha value is -2.02. The minimum Gasteiger partial charge on any atom is -0.340 e. The first-order valence-electron chi connectivity index (χ1n) is 7.93. The maximum atomic E-state index is 13.1. The van der Waals surface area contributed by atoms with Gasteiger partial charge in [-0.2, -0.15) is 0 Å². The first-order chi connectivity index (χ1) is 11.2. The van der Waals surface area contributed by atoms with Crippen LogP contribution in [0, 0.1) is 17.0 Å². The van der Waals surface area contributed by atoms with Gasteiger partial charge in [-0.05, 0) is 12.1 Å². The summed E-state index contributed by atoms with van der Waals surface area (Å²) in [5, 5.41) is 2.55. The van der Waals surface area contributed by atoms with E-state index in [9.17, 15) is 18.4 Å². The predicted molar refractivity (Wildman–Crippen MR) is 87.5 cm³/mol. The Balaban J connectivity index is 1.82. The second-order valence-electron chi connectivity index (χ2n) is 7.00. The summed E-state index contributed by atoms with van der Waals surface area (Å²) in [4.78, 5) is 28.0. The number of carbonyl (C=O) groups excluding carboxylic acids is 2. The second kappa shape index (κ2) is 7.25. The zero-order valence-corrected chi connectivity index (χ0v) is 14.2. The molecule has 7 heteroatoms. The normalized spacial score (nSPS) is 16.1. The minimum atomic E-state index is -0.998. The van der Waals surface area contributed by atoms with Crippen LogP contribution in [-0.4, -0.2) is 54.3 Å². The fourth-order valence-corrected chi connectivity index (χ4v) is 2.56. The Morgan fingerprint density at radius 3 is 2.25 bits per heavy atom. The number of amides is 2. The molecule has 1 aromatic carbocycles. The lowest BCUT2D eigenvalue weighted by atomic mass is 9.94. The largest absolute Gasteiger partial charge is 0.340 e. The average Bonchev–Trinajstić information content (AvgIpc) is 2.50. The number of piperazine rings is 1. The Morgan fingerprint density at radius 2 is 1.71 bits per heavy atom. The number of rotatable bonds is 3. The molecule has 1 aliphatic heterocycles. The van der Waals surface area contributed by atoms with Crippen molar-refractivity contribution >= 4 is 17.5 Å². The zero-order chi connectivity index (χ0) is 17.9. The lowest BCUT2D eigenvalue weighted by molar-refractivity contribution is -0.141. The Morgan fingerprint density at radius 1 is 1.08 bits per heavy atom. The SMILES string of the molecule is CC(C)(C)C(=O)N1CCN(CC(=O)Nc2ccc(F)c(F)c2)CC1. The molecule has 24 heavy (non-hydrogen) atoms. The van der Waals surface area contributed by atoms with Crippen LogP contribution in [0.5, 0.6) is 0 Å². The molecule has 1 fully saturated rings. The molecule has 0 saturated carbocycles. The molecule has 1 aliphatic rings. The standard InChI is InChI=1S/C17H23F2N3O2/c1-17(2,3)16(24)22-8-6-21(7-9-22)11-15(23)20-12-4-5-13(18)14(19)10-12/h4-5,10H,6-9,11H2,1-3H3,(H,20,23). The number of nitrogens with one attached hydrogen (secondary N) is 1. The van der Waals surface area contributed by atoms with E-state index < -0.39 is 17.0 Å². The summed E-state index contributed by atoms with van der Waals surface area (Å²) in [5.74, 6) is -2.14. The quantitative estimate of drug-likeness (QED) is 0.917. The van der Waals surface area contributed by atoms with E-state index >= 15 is 0 Å². The van der Waals surface area contributed by atoms with E-state index in [1.54, 1.807) is 0 Å². The molecule has 5 nitrogen and oxygen atoms in total.